The summed E-state index contributed by atoms with van der Waals surface area (Å²) in [7, 11) is 0. The zero-order valence-corrected chi connectivity index (χ0v) is 10.00. The summed E-state index contributed by atoms with van der Waals surface area (Å²) < 4.78 is 1.92. The molecule has 0 bridgehead atoms. The average Bonchev–Trinajstić information content (AvgIpc) is 2.82. The van der Waals surface area contributed by atoms with E-state index in [1.54, 1.807) is 18.6 Å². The van der Waals surface area contributed by atoms with Crippen LogP contribution >= 0.6 is 0 Å². The fourth-order valence-corrected chi connectivity index (χ4v) is 1.62. The predicted molar refractivity (Wildman–Crippen MR) is 66.7 cm³/mol. The summed E-state index contributed by atoms with van der Waals surface area (Å²) in [5, 5.41) is 12.1. The second kappa shape index (κ2) is 5.31. The fraction of sp³-hybridized carbons (Fsp3) is 0.250. The van der Waals surface area contributed by atoms with Crippen LogP contribution < -0.4 is 5.32 Å². The number of carbonyl (C=O) groups is 1. The average molecular weight is 246 g/mol. The van der Waals surface area contributed by atoms with Gasteiger partial charge in [-0.1, -0.05) is 0 Å². The minimum atomic E-state index is -0.979. The molecule has 0 fully saturated rings. The maximum absolute atomic E-state index is 11.0. The van der Waals surface area contributed by atoms with Crippen LogP contribution in [-0.2, 0) is 6.54 Å². The van der Waals surface area contributed by atoms with Gasteiger partial charge in [-0.15, -0.1) is 0 Å². The number of pyridine rings is 1. The number of nitrogens with zero attached hydrogens (tertiary/aromatic N) is 3. The highest BCUT2D eigenvalue weighted by Crippen LogP contribution is 2.15. The van der Waals surface area contributed by atoms with Gasteiger partial charge in [-0.25, -0.2) is 9.78 Å². The Morgan fingerprint density at radius 3 is 3.06 bits per heavy atom. The first-order valence-corrected chi connectivity index (χ1v) is 5.56. The molecular formula is C12H14N4O2. The molecule has 0 radical (unpaired) electrons. The van der Waals surface area contributed by atoms with Crippen molar-refractivity contribution in [2.24, 2.45) is 0 Å². The molecule has 2 rings (SSSR count). The number of carboxylic acid groups (broad SMARTS) is 1. The van der Waals surface area contributed by atoms with E-state index in [1.807, 2.05) is 17.7 Å². The fourth-order valence-electron chi connectivity index (χ4n) is 1.62. The van der Waals surface area contributed by atoms with Crippen molar-refractivity contribution in [2.45, 2.75) is 13.5 Å². The summed E-state index contributed by atoms with van der Waals surface area (Å²) in [5.74, 6) is -0.979. The van der Waals surface area contributed by atoms with Gasteiger partial charge >= 0.3 is 5.97 Å². The minimum Gasteiger partial charge on any atom is -0.478 e. The van der Waals surface area contributed by atoms with E-state index < -0.39 is 5.97 Å². The van der Waals surface area contributed by atoms with Gasteiger partial charge in [0.2, 0.25) is 0 Å². The first-order chi connectivity index (χ1) is 8.66. The lowest BCUT2D eigenvalue weighted by Crippen LogP contribution is -2.12. The van der Waals surface area contributed by atoms with Crippen molar-refractivity contribution in [3.63, 3.8) is 0 Å². The molecule has 18 heavy (non-hydrogen) atoms. The molecule has 0 unspecified atom stereocenters. The van der Waals surface area contributed by atoms with E-state index in [-0.39, 0.29) is 5.56 Å². The quantitative estimate of drug-likeness (QED) is 0.833. The monoisotopic (exact) mass is 246 g/mol. The second-order valence-corrected chi connectivity index (χ2v) is 3.90. The maximum Gasteiger partial charge on any atom is 0.339 e. The zero-order chi connectivity index (χ0) is 13.0. The van der Waals surface area contributed by atoms with E-state index in [2.05, 4.69) is 15.3 Å². The van der Waals surface area contributed by atoms with Crippen LogP contribution in [0.5, 0.6) is 0 Å². The molecular weight excluding hydrogens is 232 g/mol. The van der Waals surface area contributed by atoms with Crippen molar-refractivity contribution in [1.29, 1.82) is 0 Å². The van der Waals surface area contributed by atoms with Gasteiger partial charge in [0.1, 0.15) is 5.56 Å². The summed E-state index contributed by atoms with van der Waals surface area (Å²) >= 11 is 0. The number of hydrogen-bond acceptors (Lipinski definition) is 4. The standard InChI is InChI=1S/C12H14N4O2/c1-9-6-11(10(7-15-9)12(17)18)14-3-5-16-4-2-13-8-16/h2,4,6-8H,3,5H2,1H3,(H,14,15)(H,17,18). The third-order valence-corrected chi connectivity index (χ3v) is 2.52. The van der Waals surface area contributed by atoms with Crippen LogP contribution in [0.2, 0.25) is 0 Å². The van der Waals surface area contributed by atoms with Gasteiger partial charge in [0.05, 0.1) is 12.0 Å². The first kappa shape index (κ1) is 12.1. The van der Waals surface area contributed by atoms with Crippen LogP contribution in [0.15, 0.2) is 31.0 Å². The molecule has 6 nitrogen and oxygen atoms in total. The Kier molecular flexibility index (Phi) is 3.57. The van der Waals surface area contributed by atoms with Crippen LogP contribution in [0.25, 0.3) is 0 Å². The van der Waals surface area contributed by atoms with Crippen molar-refractivity contribution >= 4 is 11.7 Å². The molecule has 6 heteroatoms. The van der Waals surface area contributed by atoms with Gasteiger partial charge in [-0.05, 0) is 13.0 Å². The molecule has 0 aliphatic rings. The second-order valence-electron chi connectivity index (χ2n) is 3.90. The number of carboxylic acids is 1. The summed E-state index contributed by atoms with van der Waals surface area (Å²) in [6.45, 7) is 3.17. The van der Waals surface area contributed by atoms with Crippen molar-refractivity contribution in [3.8, 4) is 0 Å². The molecule has 0 aromatic carbocycles. The summed E-state index contributed by atoms with van der Waals surface area (Å²) in [4.78, 5) is 19.0. The van der Waals surface area contributed by atoms with Crippen molar-refractivity contribution < 1.29 is 9.90 Å². The molecule has 0 amide bonds. The van der Waals surface area contributed by atoms with E-state index in [0.717, 1.165) is 12.2 Å². The lowest BCUT2D eigenvalue weighted by molar-refractivity contribution is 0.0697. The Morgan fingerprint density at radius 2 is 2.39 bits per heavy atom. The van der Waals surface area contributed by atoms with Gasteiger partial charge in [-0.2, -0.15) is 0 Å². The van der Waals surface area contributed by atoms with Crippen LogP contribution in [0, 0.1) is 6.92 Å². The van der Waals surface area contributed by atoms with E-state index in [1.165, 1.54) is 6.20 Å². The van der Waals surface area contributed by atoms with E-state index in [0.29, 0.717) is 12.2 Å². The molecule has 0 spiro atoms. The summed E-state index contributed by atoms with van der Waals surface area (Å²) in [6, 6.07) is 1.73. The van der Waals surface area contributed by atoms with E-state index in [4.69, 9.17) is 5.11 Å². The predicted octanol–water partition coefficient (Wildman–Crippen LogP) is 1.40. The lowest BCUT2D eigenvalue weighted by atomic mass is 10.2. The first-order valence-electron chi connectivity index (χ1n) is 5.56. The third kappa shape index (κ3) is 2.85. The number of hydrogen-bond donors (Lipinski definition) is 2. The lowest BCUT2D eigenvalue weighted by Gasteiger charge is -2.10. The number of anilines is 1. The van der Waals surface area contributed by atoms with Gasteiger partial charge in [0.25, 0.3) is 0 Å². The van der Waals surface area contributed by atoms with Gasteiger partial charge in [0, 0.05) is 37.4 Å². The molecule has 0 atom stereocenters. The van der Waals surface area contributed by atoms with Crippen molar-refractivity contribution in [1.82, 2.24) is 14.5 Å². The highest BCUT2D eigenvalue weighted by atomic mass is 16.4. The summed E-state index contributed by atoms with van der Waals surface area (Å²) in [6.07, 6.45) is 6.66. The molecule has 2 aromatic rings. The highest BCUT2D eigenvalue weighted by Gasteiger charge is 2.10. The molecule has 2 N–H and O–H groups in total. The van der Waals surface area contributed by atoms with Crippen LogP contribution in [0.4, 0.5) is 5.69 Å². The Bertz CT molecular complexity index is 537. The van der Waals surface area contributed by atoms with Crippen LogP contribution in [-0.4, -0.2) is 32.2 Å². The number of imidazole rings is 1. The Labute approximate surface area is 104 Å². The van der Waals surface area contributed by atoms with Gasteiger partial charge in [-0.3, -0.25) is 4.98 Å². The Balaban J connectivity index is 2.03. The normalized spacial score (nSPS) is 10.3. The van der Waals surface area contributed by atoms with Crippen LogP contribution in [0.3, 0.4) is 0 Å². The van der Waals surface area contributed by atoms with E-state index in [9.17, 15) is 4.79 Å². The highest BCUT2D eigenvalue weighted by molar-refractivity contribution is 5.93. The number of aromatic carboxylic acids is 1. The number of rotatable bonds is 5. The molecule has 0 saturated heterocycles. The van der Waals surface area contributed by atoms with Gasteiger partial charge in [0.15, 0.2) is 0 Å². The Hall–Kier alpha value is -2.37. The summed E-state index contributed by atoms with van der Waals surface area (Å²) in [5.41, 5.74) is 1.56. The molecule has 2 aromatic heterocycles. The zero-order valence-electron chi connectivity index (χ0n) is 10.00. The number of nitrogens with one attached hydrogen (secondary N) is 1. The molecule has 2 heterocycles. The molecule has 94 valence electrons. The van der Waals surface area contributed by atoms with Gasteiger partial charge < -0.3 is 15.0 Å². The molecule has 0 saturated carbocycles. The minimum absolute atomic E-state index is 0.186. The largest absolute Gasteiger partial charge is 0.478 e. The molecule has 0 aliphatic carbocycles. The SMILES string of the molecule is Cc1cc(NCCn2ccnc2)c(C(=O)O)cn1. The van der Waals surface area contributed by atoms with Crippen molar-refractivity contribution in [2.75, 3.05) is 11.9 Å². The smallest absolute Gasteiger partial charge is 0.339 e. The topological polar surface area (TPSA) is 80.0 Å². The Morgan fingerprint density at radius 1 is 1.56 bits per heavy atom. The molecule has 0 aliphatic heterocycles. The van der Waals surface area contributed by atoms with Crippen molar-refractivity contribution in [3.05, 3.63) is 42.2 Å². The number of aryl methyl sites for hydroxylation is 1. The number of aromatic nitrogens is 3. The van der Waals surface area contributed by atoms with E-state index >= 15 is 0 Å². The van der Waals surface area contributed by atoms with Crippen LogP contribution in [0.1, 0.15) is 16.1 Å². The maximum atomic E-state index is 11.0. The third-order valence-electron chi connectivity index (χ3n) is 2.52.